The number of carbonyl (C=O) groups excluding carboxylic acids is 1. The van der Waals surface area contributed by atoms with Crippen molar-refractivity contribution in [2.24, 2.45) is 5.92 Å². The molecule has 0 spiro atoms. The smallest absolute Gasteiger partial charge is 0.326 e. The highest BCUT2D eigenvalue weighted by molar-refractivity contribution is 7.89. The summed E-state index contributed by atoms with van der Waals surface area (Å²) in [5.74, 6) is -1.51. The van der Waals surface area contributed by atoms with E-state index in [1.54, 1.807) is 0 Å². The highest BCUT2D eigenvalue weighted by Gasteiger charge is 2.28. The Hall–Kier alpha value is -1.93. The summed E-state index contributed by atoms with van der Waals surface area (Å²) < 4.78 is 26.7. The summed E-state index contributed by atoms with van der Waals surface area (Å²) in [7, 11) is -3.57. The van der Waals surface area contributed by atoms with Gasteiger partial charge in [0.1, 0.15) is 6.04 Å². The minimum absolute atomic E-state index is 0.00494. The van der Waals surface area contributed by atoms with Gasteiger partial charge in [-0.25, -0.2) is 17.9 Å². The van der Waals surface area contributed by atoms with E-state index in [4.69, 9.17) is 5.11 Å². The van der Waals surface area contributed by atoms with Crippen LogP contribution in [0.5, 0.6) is 0 Å². The van der Waals surface area contributed by atoms with E-state index in [-0.39, 0.29) is 22.4 Å². The lowest BCUT2D eigenvalue weighted by atomic mass is 10.0. The molecule has 8 heteroatoms. The maximum Gasteiger partial charge on any atom is 0.326 e. The summed E-state index contributed by atoms with van der Waals surface area (Å²) in [6.07, 6.45) is 2.00. The summed E-state index contributed by atoms with van der Waals surface area (Å²) in [5, 5.41) is 11.6. The molecule has 1 aromatic carbocycles. The Labute approximate surface area is 141 Å². The first-order valence-electron chi connectivity index (χ1n) is 7.85. The fourth-order valence-electron chi connectivity index (χ4n) is 2.21. The molecule has 0 radical (unpaired) electrons. The average molecular weight is 354 g/mol. The number of hydrogen-bond donors (Lipinski definition) is 3. The van der Waals surface area contributed by atoms with Crippen LogP contribution in [-0.4, -0.2) is 37.5 Å². The van der Waals surface area contributed by atoms with Crippen molar-refractivity contribution in [2.45, 2.75) is 50.1 Å². The van der Waals surface area contributed by atoms with Crippen molar-refractivity contribution in [3.63, 3.8) is 0 Å². The Morgan fingerprint density at radius 1 is 1.21 bits per heavy atom. The zero-order valence-electron chi connectivity index (χ0n) is 13.7. The number of benzene rings is 1. The van der Waals surface area contributed by atoms with Gasteiger partial charge < -0.3 is 10.4 Å². The molecule has 0 unspecified atom stereocenters. The SMILES string of the molecule is CC(C)C[C@H](NC(=O)c1ccc(S(=O)(=O)NC2CC2)cc1)C(=O)O. The van der Waals surface area contributed by atoms with Crippen LogP contribution in [0, 0.1) is 5.92 Å². The van der Waals surface area contributed by atoms with Crippen LogP contribution in [0.1, 0.15) is 43.5 Å². The van der Waals surface area contributed by atoms with Gasteiger partial charge >= 0.3 is 5.97 Å². The van der Waals surface area contributed by atoms with Gasteiger partial charge in [0.15, 0.2) is 0 Å². The molecule has 0 heterocycles. The predicted octanol–water partition coefficient (Wildman–Crippen LogP) is 1.36. The second-order valence-electron chi connectivity index (χ2n) is 6.41. The van der Waals surface area contributed by atoms with Gasteiger partial charge in [-0.3, -0.25) is 4.79 Å². The molecule has 0 aromatic heterocycles. The van der Waals surface area contributed by atoms with Crippen LogP contribution in [-0.2, 0) is 14.8 Å². The predicted molar refractivity (Wildman–Crippen MR) is 88.1 cm³/mol. The Balaban J connectivity index is 2.06. The van der Waals surface area contributed by atoms with Crippen molar-refractivity contribution in [1.82, 2.24) is 10.0 Å². The van der Waals surface area contributed by atoms with Crippen LogP contribution >= 0.6 is 0 Å². The normalized spacial score (nSPS) is 16.0. The van der Waals surface area contributed by atoms with Crippen molar-refractivity contribution in [2.75, 3.05) is 0 Å². The van der Waals surface area contributed by atoms with Gasteiger partial charge in [-0.1, -0.05) is 13.8 Å². The van der Waals surface area contributed by atoms with Gasteiger partial charge in [-0.05, 0) is 49.4 Å². The molecule has 7 nitrogen and oxygen atoms in total. The average Bonchev–Trinajstić information content (AvgIpc) is 3.29. The Morgan fingerprint density at radius 3 is 2.25 bits per heavy atom. The lowest BCUT2D eigenvalue weighted by Gasteiger charge is -2.16. The number of carboxylic acids is 1. The molecule has 2 rings (SSSR count). The molecular weight excluding hydrogens is 332 g/mol. The number of sulfonamides is 1. The first kappa shape index (κ1) is 18.4. The monoisotopic (exact) mass is 354 g/mol. The second-order valence-corrected chi connectivity index (χ2v) is 8.13. The lowest BCUT2D eigenvalue weighted by Crippen LogP contribution is -2.41. The molecule has 0 bridgehead atoms. The summed E-state index contributed by atoms with van der Waals surface area (Å²) in [5.41, 5.74) is 0.218. The highest BCUT2D eigenvalue weighted by atomic mass is 32.2. The fraction of sp³-hybridized carbons (Fsp3) is 0.500. The summed E-state index contributed by atoms with van der Waals surface area (Å²) in [4.78, 5) is 23.4. The molecular formula is C16H22N2O5S. The van der Waals surface area contributed by atoms with Crippen molar-refractivity contribution in [1.29, 1.82) is 0 Å². The van der Waals surface area contributed by atoms with E-state index in [0.717, 1.165) is 12.8 Å². The quantitative estimate of drug-likeness (QED) is 0.652. The zero-order chi connectivity index (χ0) is 17.9. The zero-order valence-corrected chi connectivity index (χ0v) is 14.5. The molecule has 1 saturated carbocycles. The molecule has 1 atom stereocenters. The van der Waals surface area contributed by atoms with Gasteiger partial charge in [0.2, 0.25) is 10.0 Å². The van der Waals surface area contributed by atoms with Gasteiger partial charge in [0, 0.05) is 11.6 Å². The highest BCUT2D eigenvalue weighted by Crippen LogP contribution is 2.22. The summed E-state index contributed by atoms with van der Waals surface area (Å²) in [6, 6.07) is 4.48. The van der Waals surface area contributed by atoms with Crippen LogP contribution in [0.3, 0.4) is 0 Å². The van der Waals surface area contributed by atoms with Crippen molar-refractivity contribution >= 4 is 21.9 Å². The van der Waals surface area contributed by atoms with E-state index in [1.807, 2.05) is 13.8 Å². The van der Waals surface area contributed by atoms with Gasteiger partial charge in [0.25, 0.3) is 5.91 Å². The first-order chi connectivity index (χ1) is 11.2. The third kappa shape index (κ3) is 5.04. The van der Waals surface area contributed by atoms with E-state index < -0.39 is 27.9 Å². The lowest BCUT2D eigenvalue weighted by molar-refractivity contribution is -0.139. The Kier molecular flexibility index (Phi) is 5.61. The number of hydrogen-bond acceptors (Lipinski definition) is 4. The molecule has 0 aliphatic heterocycles. The van der Waals surface area contributed by atoms with Crippen LogP contribution in [0.15, 0.2) is 29.2 Å². The third-order valence-electron chi connectivity index (χ3n) is 3.64. The van der Waals surface area contributed by atoms with E-state index >= 15 is 0 Å². The maximum absolute atomic E-state index is 12.2. The number of carboxylic acid groups (broad SMARTS) is 1. The summed E-state index contributed by atoms with van der Waals surface area (Å²) in [6.45, 7) is 3.74. The standard InChI is InChI=1S/C16H22N2O5S/c1-10(2)9-14(16(20)21)17-15(19)11-3-7-13(8-4-11)24(22,23)18-12-5-6-12/h3-4,7-8,10,12,14,18H,5-6,9H2,1-2H3,(H,17,19)(H,20,21)/t14-/m0/s1. The number of carbonyl (C=O) groups is 2. The molecule has 0 saturated heterocycles. The van der Waals surface area contributed by atoms with Crippen LogP contribution in [0.25, 0.3) is 0 Å². The number of rotatable bonds is 8. The van der Waals surface area contributed by atoms with E-state index in [9.17, 15) is 18.0 Å². The number of amides is 1. The molecule has 3 N–H and O–H groups in total. The molecule has 1 fully saturated rings. The minimum Gasteiger partial charge on any atom is -0.480 e. The van der Waals surface area contributed by atoms with Gasteiger partial charge in [-0.15, -0.1) is 0 Å². The second kappa shape index (κ2) is 7.31. The molecule has 1 amide bonds. The van der Waals surface area contributed by atoms with Crippen LogP contribution in [0.4, 0.5) is 0 Å². The Bertz CT molecular complexity index is 708. The van der Waals surface area contributed by atoms with Crippen LogP contribution < -0.4 is 10.0 Å². The molecule has 1 aromatic rings. The largest absolute Gasteiger partial charge is 0.480 e. The molecule has 132 valence electrons. The topological polar surface area (TPSA) is 113 Å². The van der Waals surface area contributed by atoms with E-state index in [0.29, 0.717) is 6.42 Å². The minimum atomic E-state index is -3.57. The van der Waals surface area contributed by atoms with Gasteiger partial charge in [-0.2, -0.15) is 0 Å². The molecule has 24 heavy (non-hydrogen) atoms. The van der Waals surface area contributed by atoms with Gasteiger partial charge in [0.05, 0.1) is 4.90 Å². The third-order valence-corrected chi connectivity index (χ3v) is 5.17. The van der Waals surface area contributed by atoms with E-state index in [2.05, 4.69) is 10.0 Å². The first-order valence-corrected chi connectivity index (χ1v) is 9.33. The van der Waals surface area contributed by atoms with Crippen LogP contribution in [0.2, 0.25) is 0 Å². The van der Waals surface area contributed by atoms with Crippen molar-refractivity contribution < 1.29 is 23.1 Å². The van der Waals surface area contributed by atoms with E-state index in [1.165, 1.54) is 24.3 Å². The van der Waals surface area contributed by atoms with Crippen molar-refractivity contribution in [3.05, 3.63) is 29.8 Å². The summed E-state index contributed by atoms with van der Waals surface area (Å²) >= 11 is 0. The molecule has 1 aliphatic rings. The fourth-order valence-corrected chi connectivity index (χ4v) is 3.51. The maximum atomic E-state index is 12.2. The number of aliphatic carboxylic acids is 1. The Morgan fingerprint density at radius 2 is 1.79 bits per heavy atom. The molecule has 1 aliphatic carbocycles. The van der Waals surface area contributed by atoms with Crippen molar-refractivity contribution in [3.8, 4) is 0 Å². The number of nitrogens with one attached hydrogen (secondary N) is 2.